The lowest BCUT2D eigenvalue weighted by Gasteiger charge is -2.18. The molecule has 112 valence electrons. The standard InChI is InChI=1S/C16H19ClN2O2/c17-14-4-2-1-3-12(14)9-19-10-13(8-16(19)21)18-15(20)7-11-5-6-11/h1-4,11,13H,5-10H2,(H,18,20)/t13-/m0/s1. The van der Waals surface area contributed by atoms with Gasteiger partial charge in [0.05, 0.1) is 6.04 Å². The van der Waals surface area contributed by atoms with Crippen molar-refractivity contribution in [2.45, 2.75) is 38.3 Å². The molecule has 0 bridgehead atoms. The summed E-state index contributed by atoms with van der Waals surface area (Å²) >= 11 is 6.13. The molecule has 2 amide bonds. The maximum atomic E-state index is 12.0. The van der Waals surface area contributed by atoms with E-state index in [0.717, 1.165) is 18.4 Å². The van der Waals surface area contributed by atoms with Gasteiger partial charge in [-0.2, -0.15) is 0 Å². The molecule has 0 spiro atoms. The minimum atomic E-state index is -0.0637. The molecule has 1 N–H and O–H groups in total. The highest BCUT2D eigenvalue weighted by atomic mass is 35.5. The highest BCUT2D eigenvalue weighted by molar-refractivity contribution is 6.31. The van der Waals surface area contributed by atoms with Crippen molar-refractivity contribution in [1.82, 2.24) is 10.2 Å². The number of nitrogens with one attached hydrogen (secondary N) is 1. The van der Waals surface area contributed by atoms with Gasteiger partial charge in [0.15, 0.2) is 0 Å². The van der Waals surface area contributed by atoms with Crippen LogP contribution in [-0.4, -0.2) is 29.3 Å². The van der Waals surface area contributed by atoms with Gasteiger partial charge in [-0.3, -0.25) is 9.59 Å². The van der Waals surface area contributed by atoms with Gasteiger partial charge in [0.25, 0.3) is 0 Å². The lowest BCUT2D eigenvalue weighted by Crippen LogP contribution is -2.37. The smallest absolute Gasteiger partial charge is 0.225 e. The fourth-order valence-electron chi connectivity index (χ4n) is 2.72. The largest absolute Gasteiger partial charge is 0.351 e. The van der Waals surface area contributed by atoms with Gasteiger partial charge >= 0.3 is 0 Å². The molecule has 1 aromatic rings. The summed E-state index contributed by atoms with van der Waals surface area (Å²) in [6.45, 7) is 1.08. The summed E-state index contributed by atoms with van der Waals surface area (Å²) in [5.41, 5.74) is 0.942. The monoisotopic (exact) mass is 306 g/mol. The second kappa shape index (κ2) is 6.06. The first-order chi connectivity index (χ1) is 10.1. The van der Waals surface area contributed by atoms with Crippen LogP contribution in [0.5, 0.6) is 0 Å². The maximum Gasteiger partial charge on any atom is 0.225 e. The molecule has 2 fully saturated rings. The first-order valence-corrected chi connectivity index (χ1v) is 7.80. The summed E-state index contributed by atoms with van der Waals surface area (Å²) in [7, 11) is 0. The van der Waals surface area contributed by atoms with Crippen LogP contribution in [0.15, 0.2) is 24.3 Å². The minimum Gasteiger partial charge on any atom is -0.351 e. The van der Waals surface area contributed by atoms with Gasteiger partial charge in [-0.25, -0.2) is 0 Å². The summed E-state index contributed by atoms with van der Waals surface area (Å²) in [4.78, 5) is 25.6. The van der Waals surface area contributed by atoms with Crippen LogP contribution in [0.2, 0.25) is 5.02 Å². The molecule has 1 aliphatic carbocycles. The lowest BCUT2D eigenvalue weighted by molar-refractivity contribution is -0.128. The van der Waals surface area contributed by atoms with Crippen molar-refractivity contribution in [2.24, 2.45) is 5.92 Å². The average molecular weight is 307 g/mol. The van der Waals surface area contributed by atoms with E-state index >= 15 is 0 Å². The number of benzene rings is 1. The predicted octanol–water partition coefficient (Wildman–Crippen LogP) is 2.36. The van der Waals surface area contributed by atoms with Gasteiger partial charge in [-0.05, 0) is 30.4 Å². The van der Waals surface area contributed by atoms with Crippen LogP contribution in [0.1, 0.15) is 31.2 Å². The van der Waals surface area contributed by atoms with E-state index in [1.54, 1.807) is 4.90 Å². The Morgan fingerprint density at radius 1 is 1.33 bits per heavy atom. The number of nitrogens with zero attached hydrogens (tertiary/aromatic N) is 1. The van der Waals surface area contributed by atoms with Gasteiger partial charge in [0, 0.05) is 31.0 Å². The molecule has 3 rings (SSSR count). The van der Waals surface area contributed by atoms with E-state index in [2.05, 4.69) is 5.32 Å². The summed E-state index contributed by atoms with van der Waals surface area (Å²) in [5.74, 6) is 0.725. The number of carbonyl (C=O) groups is 2. The first kappa shape index (κ1) is 14.4. The van der Waals surface area contributed by atoms with Crippen LogP contribution < -0.4 is 5.32 Å². The fraction of sp³-hybridized carbons (Fsp3) is 0.500. The molecule has 1 atom stereocenters. The predicted molar refractivity (Wildman–Crippen MR) is 80.8 cm³/mol. The summed E-state index contributed by atoms with van der Waals surface area (Å²) < 4.78 is 0. The third kappa shape index (κ3) is 3.76. The Bertz CT molecular complexity index is 557. The Hall–Kier alpha value is -1.55. The van der Waals surface area contributed by atoms with Crippen molar-refractivity contribution < 1.29 is 9.59 Å². The molecule has 2 aliphatic rings. The van der Waals surface area contributed by atoms with Crippen molar-refractivity contribution in [3.8, 4) is 0 Å². The molecule has 0 radical (unpaired) electrons. The summed E-state index contributed by atoms with van der Waals surface area (Å²) in [6.07, 6.45) is 3.32. The normalized spacial score (nSPS) is 21.7. The van der Waals surface area contributed by atoms with Crippen LogP contribution in [0, 0.1) is 5.92 Å². The third-order valence-corrected chi connectivity index (χ3v) is 4.44. The zero-order chi connectivity index (χ0) is 14.8. The van der Waals surface area contributed by atoms with E-state index in [0.29, 0.717) is 36.9 Å². The van der Waals surface area contributed by atoms with Crippen molar-refractivity contribution >= 4 is 23.4 Å². The molecule has 1 aromatic carbocycles. The Balaban J connectivity index is 1.54. The van der Waals surface area contributed by atoms with Gasteiger partial charge in [-0.15, -0.1) is 0 Å². The fourth-order valence-corrected chi connectivity index (χ4v) is 2.92. The molecule has 1 heterocycles. The number of halogens is 1. The highest BCUT2D eigenvalue weighted by Crippen LogP contribution is 2.32. The SMILES string of the molecule is O=C(CC1CC1)N[C@H]1CC(=O)N(Cc2ccccc2Cl)C1. The molecule has 1 saturated carbocycles. The van der Waals surface area contributed by atoms with Crippen molar-refractivity contribution in [1.29, 1.82) is 0 Å². The average Bonchev–Trinajstić information content (AvgIpc) is 3.17. The van der Waals surface area contributed by atoms with Crippen LogP contribution in [-0.2, 0) is 16.1 Å². The highest BCUT2D eigenvalue weighted by Gasteiger charge is 2.32. The zero-order valence-electron chi connectivity index (χ0n) is 11.8. The van der Waals surface area contributed by atoms with E-state index in [9.17, 15) is 9.59 Å². The number of rotatable bonds is 5. The molecule has 0 aromatic heterocycles. The number of likely N-dealkylation sites (tertiary alicyclic amines) is 1. The van der Waals surface area contributed by atoms with E-state index in [1.165, 1.54) is 0 Å². The number of hydrogen-bond acceptors (Lipinski definition) is 2. The zero-order valence-corrected chi connectivity index (χ0v) is 12.6. The molecule has 21 heavy (non-hydrogen) atoms. The van der Waals surface area contributed by atoms with Crippen molar-refractivity contribution in [3.63, 3.8) is 0 Å². The van der Waals surface area contributed by atoms with Gasteiger partial charge in [0.1, 0.15) is 0 Å². The topological polar surface area (TPSA) is 49.4 Å². The van der Waals surface area contributed by atoms with Gasteiger partial charge in [-0.1, -0.05) is 29.8 Å². The Morgan fingerprint density at radius 2 is 2.10 bits per heavy atom. The van der Waals surface area contributed by atoms with E-state index < -0.39 is 0 Å². The Morgan fingerprint density at radius 3 is 2.81 bits per heavy atom. The molecule has 1 aliphatic heterocycles. The third-order valence-electron chi connectivity index (χ3n) is 4.07. The molecule has 0 unspecified atom stereocenters. The van der Waals surface area contributed by atoms with Gasteiger partial charge in [0.2, 0.25) is 11.8 Å². The molecule has 4 nitrogen and oxygen atoms in total. The summed E-state index contributed by atoms with van der Waals surface area (Å²) in [5, 5.41) is 3.65. The van der Waals surface area contributed by atoms with Crippen molar-refractivity contribution in [2.75, 3.05) is 6.54 Å². The van der Waals surface area contributed by atoms with Crippen LogP contribution in [0.4, 0.5) is 0 Å². The number of hydrogen-bond donors (Lipinski definition) is 1. The van der Waals surface area contributed by atoms with E-state index in [4.69, 9.17) is 11.6 Å². The lowest BCUT2D eigenvalue weighted by atomic mass is 10.2. The maximum absolute atomic E-state index is 12.0. The Labute approximate surface area is 129 Å². The van der Waals surface area contributed by atoms with E-state index in [1.807, 2.05) is 24.3 Å². The number of carbonyl (C=O) groups excluding carboxylic acids is 2. The minimum absolute atomic E-state index is 0.0637. The molecular formula is C16H19ClN2O2. The van der Waals surface area contributed by atoms with Crippen LogP contribution in [0.3, 0.4) is 0 Å². The molecule has 1 saturated heterocycles. The van der Waals surface area contributed by atoms with E-state index in [-0.39, 0.29) is 17.9 Å². The number of amides is 2. The van der Waals surface area contributed by atoms with Crippen LogP contribution in [0.25, 0.3) is 0 Å². The second-order valence-electron chi connectivity index (χ2n) is 5.98. The quantitative estimate of drug-likeness (QED) is 0.908. The van der Waals surface area contributed by atoms with Crippen LogP contribution >= 0.6 is 11.6 Å². The second-order valence-corrected chi connectivity index (χ2v) is 6.39. The van der Waals surface area contributed by atoms with Crippen molar-refractivity contribution in [3.05, 3.63) is 34.9 Å². The first-order valence-electron chi connectivity index (χ1n) is 7.42. The van der Waals surface area contributed by atoms with Gasteiger partial charge < -0.3 is 10.2 Å². The Kier molecular flexibility index (Phi) is 4.15. The molecular weight excluding hydrogens is 288 g/mol. The summed E-state index contributed by atoms with van der Waals surface area (Å²) in [6, 6.07) is 7.47. The molecule has 5 heteroatoms.